The van der Waals surface area contributed by atoms with Gasteiger partial charge in [0.15, 0.2) is 11.5 Å². The van der Waals surface area contributed by atoms with E-state index in [-0.39, 0.29) is 29.4 Å². The molecular formula is C26H24N2O5. The summed E-state index contributed by atoms with van der Waals surface area (Å²) in [5.74, 6) is -1.51. The van der Waals surface area contributed by atoms with Crippen LogP contribution in [0.1, 0.15) is 29.7 Å². The third-order valence-corrected chi connectivity index (χ3v) is 5.58. The quantitative estimate of drug-likeness (QED) is 0.326. The number of phenolic OH excluding ortho intramolecular Hbond substituents is 1. The van der Waals surface area contributed by atoms with Gasteiger partial charge in [0.2, 0.25) is 0 Å². The van der Waals surface area contributed by atoms with Crippen molar-refractivity contribution in [2.45, 2.75) is 19.4 Å². The smallest absolute Gasteiger partial charge is 0.295 e. The first kappa shape index (κ1) is 22.1. The van der Waals surface area contributed by atoms with Gasteiger partial charge in [-0.05, 0) is 48.7 Å². The number of ether oxygens (including phenoxy) is 1. The first-order chi connectivity index (χ1) is 16.0. The molecule has 7 nitrogen and oxygen atoms in total. The zero-order valence-electron chi connectivity index (χ0n) is 18.1. The molecule has 7 heteroatoms. The van der Waals surface area contributed by atoms with Crippen molar-refractivity contribution >= 4 is 17.4 Å². The number of aliphatic hydroxyl groups is 1. The summed E-state index contributed by atoms with van der Waals surface area (Å²) < 4.78 is 5.51. The normalized spacial score (nSPS) is 17.4. The number of hydrogen-bond donors (Lipinski definition) is 2. The Balaban J connectivity index is 1.81. The molecule has 1 aliphatic heterocycles. The monoisotopic (exact) mass is 444 g/mol. The fraction of sp³-hybridized carbons (Fsp3) is 0.192. The fourth-order valence-electron chi connectivity index (χ4n) is 3.99. The molecule has 0 bridgehead atoms. The van der Waals surface area contributed by atoms with Gasteiger partial charge in [0.05, 0.1) is 18.2 Å². The van der Waals surface area contributed by atoms with Crippen LogP contribution in [-0.4, -0.2) is 44.9 Å². The van der Waals surface area contributed by atoms with Gasteiger partial charge >= 0.3 is 0 Å². The largest absolute Gasteiger partial charge is 0.507 e. The average molecular weight is 444 g/mol. The summed E-state index contributed by atoms with van der Waals surface area (Å²) in [4.78, 5) is 31.6. The third kappa shape index (κ3) is 4.43. The third-order valence-electron chi connectivity index (χ3n) is 5.58. The second kappa shape index (κ2) is 9.56. The highest BCUT2D eigenvalue weighted by Gasteiger charge is 2.46. The lowest BCUT2D eigenvalue weighted by atomic mass is 9.95. The number of hydrogen-bond acceptors (Lipinski definition) is 6. The van der Waals surface area contributed by atoms with Gasteiger partial charge in [-0.2, -0.15) is 0 Å². The molecule has 0 aliphatic carbocycles. The van der Waals surface area contributed by atoms with Crippen LogP contribution in [0.3, 0.4) is 0 Å². The minimum absolute atomic E-state index is 0.00704. The lowest BCUT2D eigenvalue weighted by Crippen LogP contribution is -2.31. The molecule has 2 N–H and O–H groups in total. The number of carbonyl (C=O) groups excluding carboxylic acids is 2. The molecule has 4 rings (SSSR count). The van der Waals surface area contributed by atoms with Crippen LogP contribution in [-0.2, 0) is 16.0 Å². The number of carbonyl (C=O) groups is 2. The molecule has 2 aromatic carbocycles. The summed E-state index contributed by atoms with van der Waals surface area (Å²) in [6.45, 7) is 2.40. The summed E-state index contributed by atoms with van der Waals surface area (Å²) in [6, 6.07) is 16.7. The number of benzene rings is 2. The van der Waals surface area contributed by atoms with Crippen LogP contribution in [0.15, 0.2) is 78.6 Å². The molecule has 1 atom stereocenters. The highest BCUT2D eigenvalue weighted by atomic mass is 16.5. The summed E-state index contributed by atoms with van der Waals surface area (Å²) >= 11 is 0. The number of ketones is 1. The molecule has 0 saturated carbocycles. The fourth-order valence-corrected chi connectivity index (χ4v) is 3.99. The number of Topliss-reactive ketones (excluding diaryl/α,β-unsaturated/α-hetero) is 1. The second-order valence-corrected chi connectivity index (χ2v) is 7.62. The van der Waals surface area contributed by atoms with Crippen molar-refractivity contribution in [2.24, 2.45) is 0 Å². The Bertz CT molecular complexity index is 1190. The molecular weight excluding hydrogens is 420 g/mol. The van der Waals surface area contributed by atoms with Gasteiger partial charge in [0, 0.05) is 24.5 Å². The van der Waals surface area contributed by atoms with Crippen molar-refractivity contribution in [3.63, 3.8) is 0 Å². The van der Waals surface area contributed by atoms with Crippen LogP contribution in [0.25, 0.3) is 5.76 Å². The molecule has 1 saturated heterocycles. The van der Waals surface area contributed by atoms with Gasteiger partial charge in [0.25, 0.3) is 11.7 Å². The number of rotatable bonds is 7. The topological polar surface area (TPSA) is 100.0 Å². The Labute approximate surface area is 191 Å². The highest BCUT2D eigenvalue weighted by Crippen LogP contribution is 2.41. The molecule has 2 heterocycles. The number of aromatic hydroxyl groups is 1. The maximum Gasteiger partial charge on any atom is 0.295 e. The van der Waals surface area contributed by atoms with Crippen LogP contribution >= 0.6 is 0 Å². The van der Waals surface area contributed by atoms with Crippen molar-refractivity contribution in [2.75, 3.05) is 13.2 Å². The minimum Gasteiger partial charge on any atom is -0.507 e. The van der Waals surface area contributed by atoms with E-state index < -0.39 is 17.7 Å². The average Bonchev–Trinajstić information content (AvgIpc) is 3.10. The Morgan fingerprint density at radius 1 is 1.06 bits per heavy atom. The lowest BCUT2D eigenvalue weighted by molar-refractivity contribution is -0.139. The van der Waals surface area contributed by atoms with Crippen molar-refractivity contribution in [1.82, 2.24) is 9.88 Å². The van der Waals surface area contributed by atoms with E-state index in [9.17, 15) is 19.8 Å². The van der Waals surface area contributed by atoms with E-state index in [4.69, 9.17) is 4.74 Å². The molecule has 1 aliphatic rings. The van der Waals surface area contributed by atoms with Crippen LogP contribution in [0.2, 0.25) is 0 Å². The zero-order valence-corrected chi connectivity index (χ0v) is 18.1. The van der Waals surface area contributed by atoms with Crippen LogP contribution in [0.4, 0.5) is 0 Å². The van der Waals surface area contributed by atoms with Crippen LogP contribution < -0.4 is 4.74 Å². The van der Waals surface area contributed by atoms with Crippen molar-refractivity contribution in [3.05, 3.63) is 95.3 Å². The minimum atomic E-state index is -0.832. The molecule has 168 valence electrons. The molecule has 3 aromatic rings. The number of likely N-dealkylation sites (tertiary alicyclic amines) is 1. The summed E-state index contributed by atoms with van der Waals surface area (Å²) in [5.41, 5.74) is 1.96. The van der Waals surface area contributed by atoms with E-state index in [1.165, 1.54) is 23.4 Å². The van der Waals surface area contributed by atoms with Gasteiger partial charge in [-0.25, -0.2) is 0 Å². The molecule has 1 fully saturated rings. The van der Waals surface area contributed by atoms with Gasteiger partial charge < -0.3 is 19.8 Å². The number of pyridine rings is 1. The first-order valence-corrected chi connectivity index (χ1v) is 10.7. The Morgan fingerprint density at radius 3 is 2.48 bits per heavy atom. The first-order valence-electron chi connectivity index (χ1n) is 10.7. The number of aromatic nitrogens is 1. The summed E-state index contributed by atoms with van der Waals surface area (Å²) in [6.07, 6.45) is 3.54. The maximum atomic E-state index is 13.1. The number of phenols is 1. The van der Waals surface area contributed by atoms with Crippen molar-refractivity contribution in [1.29, 1.82) is 0 Å². The molecule has 33 heavy (non-hydrogen) atoms. The van der Waals surface area contributed by atoms with Crippen LogP contribution in [0.5, 0.6) is 11.5 Å². The van der Waals surface area contributed by atoms with Crippen molar-refractivity contribution in [3.8, 4) is 11.5 Å². The second-order valence-electron chi connectivity index (χ2n) is 7.62. The van der Waals surface area contributed by atoms with E-state index in [0.717, 1.165) is 5.56 Å². The Morgan fingerprint density at radius 2 is 1.79 bits per heavy atom. The van der Waals surface area contributed by atoms with E-state index in [2.05, 4.69) is 4.98 Å². The number of aliphatic hydroxyl groups excluding tert-OH is 1. The Hall–Kier alpha value is -4.13. The van der Waals surface area contributed by atoms with E-state index in [0.29, 0.717) is 24.2 Å². The molecule has 1 aromatic heterocycles. The molecule has 1 unspecified atom stereocenters. The summed E-state index contributed by atoms with van der Waals surface area (Å²) in [5, 5.41) is 21.2. The standard InChI is InChI=1S/C26H24N2O5/c1-2-33-21-16-19(8-9-20(21)29)23-22(24(30)18-10-13-27-14-11-18)25(31)26(32)28(23)15-12-17-6-4-3-5-7-17/h3-11,13-14,16,23,29-30H,2,12,15H2,1H3. The van der Waals surface area contributed by atoms with E-state index in [1.807, 2.05) is 30.3 Å². The van der Waals surface area contributed by atoms with Gasteiger partial charge in [-0.15, -0.1) is 0 Å². The molecule has 0 spiro atoms. The number of nitrogens with zero attached hydrogens (tertiary/aromatic N) is 2. The Kier molecular flexibility index (Phi) is 6.40. The van der Waals surface area contributed by atoms with Gasteiger partial charge in [-0.3, -0.25) is 14.6 Å². The number of amides is 1. The predicted octanol–water partition coefficient (Wildman–Crippen LogP) is 3.85. The van der Waals surface area contributed by atoms with Gasteiger partial charge in [-0.1, -0.05) is 36.4 Å². The zero-order chi connectivity index (χ0) is 23.4. The van der Waals surface area contributed by atoms with E-state index >= 15 is 0 Å². The molecule has 1 amide bonds. The maximum absolute atomic E-state index is 13.1. The SMILES string of the molecule is CCOc1cc(C2C(=C(O)c3ccncc3)C(=O)C(=O)N2CCc2ccccc2)ccc1O. The van der Waals surface area contributed by atoms with Gasteiger partial charge in [0.1, 0.15) is 5.76 Å². The summed E-state index contributed by atoms with van der Waals surface area (Å²) in [7, 11) is 0. The van der Waals surface area contributed by atoms with E-state index in [1.54, 1.807) is 31.2 Å². The van der Waals surface area contributed by atoms with Crippen molar-refractivity contribution < 1.29 is 24.5 Å². The van der Waals surface area contributed by atoms with Crippen LogP contribution in [0, 0.1) is 0 Å². The molecule has 0 radical (unpaired) electrons. The predicted molar refractivity (Wildman–Crippen MR) is 123 cm³/mol. The highest BCUT2D eigenvalue weighted by molar-refractivity contribution is 6.46. The lowest BCUT2D eigenvalue weighted by Gasteiger charge is -2.26.